The van der Waals surface area contributed by atoms with Gasteiger partial charge in [-0.25, -0.2) is 28.0 Å². The van der Waals surface area contributed by atoms with Crippen LogP contribution in [0.15, 0.2) is 57.7 Å². The Kier molecular flexibility index (Phi) is 4.46. The summed E-state index contributed by atoms with van der Waals surface area (Å²) < 4.78 is 26.8. The molecule has 1 aliphatic heterocycles. The van der Waals surface area contributed by atoms with E-state index in [0.29, 0.717) is 0 Å². The third kappa shape index (κ3) is 3.21. The number of hydrogen-bond donors (Lipinski definition) is 1. The minimum atomic E-state index is -3.93. The molecule has 11 heteroatoms. The molecule has 0 radical (unpaired) electrons. The van der Waals surface area contributed by atoms with Crippen molar-refractivity contribution in [3.8, 4) is 0 Å². The van der Waals surface area contributed by atoms with Gasteiger partial charge in [-0.1, -0.05) is 23.2 Å². The maximum atomic E-state index is 12.3. The van der Waals surface area contributed by atoms with Gasteiger partial charge in [0.25, 0.3) is 21.8 Å². The first-order chi connectivity index (χ1) is 11.8. The molecule has 8 nitrogen and oxygen atoms in total. The second-order valence-electron chi connectivity index (χ2n) is 4.75. The van der Waals surface area contributed by atoms with Gasteiger partial charge in [0.05, 0.1) is 10.6 Å². The average Bonchev–Trinajstić information content (AvgIpc) is 2.79. The van der Waals surface area contributed by atoms with Gasteiger partial charge < -0.3 is 0 Å². The van der Waals surface area contributed by atoms with Gasteiger partial charge in [-0.15, -0.1) is 0 Å². The molecule has 1 aromatic carbocycles. The van der Waals surface area contributed by atoms with E-state index in [1.165, 1.54) is 36.7 Å². The fourth-order valence-electron chi connectivity index (χ4n) is 2.02. The lowest BCUT2D eigenvalue weighted by Gasteiger charge is -2.14. The summed E-state index contributed by atoms with van der Waals surface area (Å²) in [6, 6.07) is 6.56. The molecule has 0 aliphatic carbocycles. The minimum Gasteiger partial charge on any atom is -0.267 e. The Morgan fingerprint density at radius 2 is 1.44 bits per heavy atom. The third-order valence-corrected chi connectivity index (χ3v) is 5.31. The van der Waals surface area contributed by atoms with Crippen LogP contribution in [0.1, 0.15) is 0 Å². The van der Waals surface area contributed by atoms with Crippen LogP contribution in [0.4, 0.5) is 11.6 Å². The minimum absolute atomic E-state index is 0.0840. The number of carbonyl (C=O) groups is 2. The number of sulfonamides is 1. The molecule has 0 saturated carbocycles. The quantitative estimate of drug-likeness (QED) is 0.786. The van der Waals surface area contributed by atoms with Crippen molar-refractivity contribution < 1.29 is 18.0 Å². The topological polar surface area (TPSA) is 109 Å². The molecule has 0 unspecified atom stereocenters. The number of imide groups is 1. The maximum absolute atomic E-state index is 12.3. The predicted octanol–water partition coefficient (Wildman–Crippen LogP) is 1.84. The van der Waals surface area contributed by atoms with E-state index < -0.39 is 21.8 Å². The Balaban J connectivity index is 1.86. The highest BCUT2D eigenvalue weighted by molar-refractivity contribution is 7.92. The molecule has 2 aromatic rings. The van der Waals surface area contributed by atoms with Crippen LogP contribution in [0.25, 0.3) is 0 Å². The number of nitrogens with one attached hydrogen (secondary N) is 1. The zero-order chi connectivity index (χ0) is 18.2. The van der Waals surface area contributed by atoms with E-state index in [1.807, 2.05) is 0 Å². The first-order valence-corrected chi connectivity index (χ1v) is 8.89. The highest BCUT2D eigenvalue weighted by atomic mass is 35.5. The van der Waals surface area contributed by atoms with Crippen LogP contribution in [0.3, 0.4) is 0 Å². The van der Waals surface area contributed by atoms with E-state index in [-0.39, 0.29) is 26.6 Å². The van der Waals surface area contributed by atoms with Crippen molar-refractivity contribution in [3.63, 3.8) is 0 Å². The second kappa shape index (κ2) is 6.43. The number of anilines is 2. The van der Waals surface area contributed by atoms with Crippen molar-refractivity contribution in [1.29, 1.82) is 0 Å². The summed E-state index contributed by atoms with van der Waals surface area (Å²) >= 11 is 11.3. The molecule has 0 fully saturated rings. The number of aromatic nitrogens is 2. The molecule has 1 aromatic heterocycles. The Morgan fingerprint density at radius 1 is 0.920 bits per heavy atom. The number of amides is 2. The van der Waals surface area contributed by atoms with Gasteiger partial charge >= 0.3 is 0 Å². The SMILES string of the molecule is O=C1C(Cl)=C(Cl)C(=O)N1c1ccc(S(=O)(=O)Nc2ncccn2)cc1. The fourth-order valence-corrected chi connectivity index (χ4v) is 3.30. The lowest BCUT2D eigenvalue weighted by atomic mass is 10.3. The molecule has 128 valence electrons. The van der Waals surface area contributed by atoms with Crippen LogP contribution in [-0.4, -0.2) is 30.2 Å². The monoisotopic (exact) mass is 398 g/mol. The largest absolute Gasteiger partial charge is 0.278 e. The summed E-state index contributed by atoms with van der Waals surface area (Å²) in [5.41, 5.74) is 0.138. The zero-order valence-corrected chi connectivity index (χ0v) is 14.5. The highest BCUT2D eigenvalue weighted by Gasteiger charge is 2.37. The van der Waals surface area contributed by atoms with Crippen LogP contribution in [0.2, 0.25) is 0 Å². The molecule has 2 amide bonds. The summed E-state index contributed by atoms with van der Waals surface area (Å²) in [5, 5.41) is -0.766. The number of rotatable bonds is 4. The Bertz CT molecular complexity index is 967. The van der Waals surface area contributed by atoms with Gasteiger partial charge in [0.1, 0.15) is 10.1 Å². The summed E-state index contributed by atoms with van der Waals surface area (Å²) in [6.45, 7) is 0. The van der Waals surface area contributed by atoms with Crippen molar-refractivity contribution in [2.75, 3.05) is 9.62 Å². The van der Waals surface area contributed by atoms with Gasteiger partial charge in [0.2, 0.25) is 5.95 Å². The van der Waals surface area contributed by atoms with Crippen LogP contribution in [-0.2, 0) is 19.6 Å². The summed E-state index contributed by atoms with van der Waals surface area (Å²) in [4.78, 5) is 32.1. The van der Waals surface area contributed by atoms with Crippen molar-refractivity contribution in [2.24, 2.45) is 0 Å². The van der Waals surface area contributed by atoms with Crippen LogP contribution >= 0.6 is 23.2 Å². The van der Waals surface area contributed by atoms with Gasteiger partial charge in [-0.2, -0.15) is 0 Å². The molecule has 0 atom stereocenters. The third-order valence-electron chi connectivity index (χ3n) is 3.17. The Hall–Kier alpha value is -2.49. The van der Waals surface area contributed by atoms with Crippen LogP contribution in [0.5, 0.6) is 0 Å². The van der Waals surface area contributed by atoms with E-state index in [0.717, 1.165) is 4.90 Å². The van der Waals surface area contributed by atoms with Crippen molar-refractivity contribution >= 4 is 56.7 Å². The number of carbonyl (C=O) groups excluding carboxylic acids is 2. The molecule has 0 bridgehead atoms. The molecule has 3 rings (SSSR count). The standard InChI is InChI=1S/C14H8Cl2N4O4S/c15-10-11(16)13(22)20(12(10)21)8-2-4-9(5-3-8)25(23,24)19-14-17-6-1-7-18-14/h1-7H,(H,17,18,19). The van der Waals surface area contributed by atoms with Gasteiger partial charge in [0, 0.05) is 12.4 Å². The van der Waals surface area contributed by atoms with Crippen molar-refractivity contribution in [2.45, 2.75) is 4.90 Å². The molecule has 25 heavy (non-hydrogen) atoms. The van der Waals surface area contributed by atoms with Crippen molar-refractivity contribution in [1.82, 2.24) is 9.97 Å². The first-order valence-electron chi connectivity index (χ1n) is 6.65. The molecule has 0 saturated heterocycles. The zero-order valence-electron chi connectivity index (χ0n) is 12.2. The van der Waals surface area contributed by atoms with Gasteiger partial charge in [0.15, 0.2) is 0 Å². The van der Waals surface area contributed by atoms with Crippen LogP contribution in [0, 0.1) is 0 Å². The summed E-state index contributed by atoms with van der Waals surface area (Å²) in [5.74, 6) is -1.63. The Morgan fingerprint density at radius 3 is 1.96 bits per heavy atom. The first kappa shape index (κ1) is 17.3. The predicted molar refractivity (Wildman–Crippen MR) is 90.5 cm³/mol. The molecule has 1 aliphatic rings. The smallest absolute Gasteiger partial charge is 0.267 e. The molecule has 0 spiro atoms. The summed E-state index contributed by atoms with van der Waals surface area (Å²) in [7, 11) is -3.93. The maximum Gasteiger partial charge on any atom is 0.278 e. The van der Waals surface area contributed by atoms with Crippen molar-refractivity contribution in [3.05, 3.63) is 52.8 Å². The van der Waals surface area contributed by atoms with Gasteiger partial charge in [-0.05, 0) is 30.3 Å². The van der Waals surface area contributed by atoms with Crippen LogP contribution < -0.4 is 9.62 Å². The van der Waals surface area contributed by atoms with E-state index in [2.05, 4.69) is 14.7 Å². The highest BCUT2D eigenvalue weighted by Crippen LogP contribution is 2.31. The molecule has 1 N–H and O–H groups in total. The fraction of sp³-hybridized carbons (Fsp3) is 0. The van der Waals surface area contributed by atoms with E-state index in [9.17, 15) is 18.0 Å². The number of nitrogens with zero attached hydrogens (tertiary/aromatic N) is 3. The Labute approximate surface area is 152 Å². The summed E-state index contributed by atoms with van der Waals surface area (Å²) in [6.07, 6.45) is 2.78. The van der Waals surface area contributed by atoms with E-state index in [1.54, 1.807) is 6.07 Å². The van der Waals surface area contributed by atoms with E-state index in [4.69, 9.17) is 23.2 Å². The van der Waals surface area contributed by atoms with E-state index >= 15 is 0 Å². The lowest BCUT2D eigenvalue weighted by molar-refractivity contribution is -0.120. The molecular formula is C14H8Cl2N4O4S. The van der Waals surface area contributed by atoms with Gasteiger partial charge in [-0.3, -0.25) is 9.59 Å². The number of benzene rings is 1. The molecular weight excluding hydrogens is 391 g/mol. The average molecular weight is 399 g/mol. The second-order valence-corrected chi connectivity index (χ2v) is 7.18. The normalized spacial score (nSPS) is 15.0. The lowest BCUT2D eigenvalue weighted by Crippen LogP contribution is -2.30. The number of hydrogen-bond acceptors (Lipinski definition) is 6. The molecule has 2 heterocycles. The number of halogens is 2.